The summed E-state index contributed by atoms with van der Waals surface area (Å²) in [5.41, 5.74) is 15.4. The van der Waals surface area contributed by atoms with Crippen LogP contribution < -0.4 is 4.90 Å². The predicted molar refractivity (Wildman–Crippen MR) is 260 cm³/mol. The van der Waals surface area contributed by atoms with Crippen molar-refractivity contribution in [2.24, 2.45) is 0 Å². The molecule has 0 N–H and O–H groups in total. The summed E-state index contributed by atoms with van der Waals surface area (Å²) in [4.78, 5) is 17.9. The smallest absolute Gasteiger partial charge is 0.164 e. The van der Waals surface area contributed by atoms with Gasteiger partial charge in [0.15, 0.2) is 17.5 Å². The molecule has 0 aliphatic rings. The van der Waals surface area contributed by atoms with Crippen LogP contribution in [0.3, 0.4) is 0 Å². The molecule has 0 bridgehead atoms. The van der Waals surface area contributed by atoms with Crippen LogP contribution in [0.2, 0.25) is 0 Å². The summed E-state index contributed by atoms with van der Waals surface area (Å²) >= 11 is 0. The van der Waals surface area contributed by atoms with Gasteiger partial charge in [0.1, 0.15) is 11.2 Å². The van der Waals surface area contributed by atoms with Crippen molar-refractivity contribution in [3.63, 3.8) is 0 Å². The van der Waals surface area contributed by atoms with Crippen molar-refractivity contribution in [3.05, 3.63) is 224 Å². The minimum absolute atomic E-state index is 0.573. The van der Waals surface area contributed by atoms with Gasteiger partial charge in [-0.3, -0.25) is 0 Å². The Morgan fingerprint density at radius 3 is 1.43 bits per heavy atom. The maximum absolute atomic E-state index is 6.58. The Balaban J connectivity index is 1.07. The zero-order valence-corrected chi connectivity index (χ0v) is 34.6. The molecule has 0 radical (unpaired) electrons. The first-order valence-corrected chi connectivity index (χ1v) is 21.1. The van der Waals surface area contributed by atoms with Gasteiger partial charge < -0.3 is 9.32 Å². The monoisotopic (exact) mass is 808 g/mol. The van der Waals surface area contributed by atoms with Crippen LogP contribution in [0.4, 0.5) is 11.4 Å². The van der Waals surface area contributed by atoms with Crippen LogP contribution in [-0.4, -0.2) is 22.0 Å². The van der Waals surface area contributed by atoms with E-state index in [9.17, 15) is 0 Å². The molecular formula is C58H40N4O. The quantitative estimate of drug-likeness (QED) is 0.145. The molecule has 11 aromatic rings. The van der Waals surface area contributed by atoms with Gasteiger partial charge in [0.05, 0.1) is 0 Å². The first kappa shape index (κ1) is 37.6. The van der Waals surface area contributed by atoms with E-state index in [-0.39, 0.29) is 0 Å². The Morgan fingerprint density at radius 2 is 0.810 bits per heavy atom. The third-order valence-corrected chi connectivity index (χ3v) is 11.7. The average Bonchev–Trinajstić information content (AvgIpc) is 3.75. The molecule has 0 saturated carbocycles. The van der Waals surface area contributed by atoms with E-state index in [0.29, 0.717) is 17.5 Å². The van der Waals surface area contributed by atoms with Crippen molar-refractivity contribution in [2.75, 3.05) is 11.9 Å². The van der Waals surface area contributed by atoms with Crippen LogP contribution in [0.5, 0.6) is 0 Å². The van der Waals surface area contributed by atoms with Crippen LogP contribution in [0.25, 0.3) is 101 Å². The van der Waals surface area contributed by atoms with E-state index in [1.54, 1.807) is 0 Å². The van der Waals surface area contributed by atoms with E-state index in [0.717, 1.165) is 94.5 Å². The molecule has 5 nitrogen and oxygen atoms in total. The SMILES string of the molecule is CN(c1ccccc1)c1ccc(-c2ccc3oc4cccc(-c5nc(-c6cccc(-c7ccccc7)c6)nc(-c6cccc(-c7ccccc7)c6)n5)c4c3c2)cc1-c1ccccc1. The zero-order chi connectivity index (χ0) is 42.1. The molecule has 0 amide bonds. The normalized spacial score (nSPS) is 11.3. The molecule has 0 spiro atoms. The Bertz CT molecular complexity index is 3300. The van der Waals surface area contributed by atoms with E-state index in [1.807, 2.05) is 30.3 Å². The molecule has 9 aromatic carbocycles. The lowest BCUT2D eigenvalue weighted by molar-refractivity contribution is 0.669. The van der Waals surface area contributed by atoms with Crippen molar-refractivity contribution in [3.8, 4) is 78.7 Å². The van der Waals surface area contributed by atoms with Crippen molar-refractivity contribution >= 4 is 33.3 Å². The zero-order valence-electron chi connectivity index (χ0n) is 34.6. The molecule has 2 heterocycles. The molecule has 0 saturated heterocycles. The largest absolute Gasteiger partial charge is 0.456 e. The van der Waals surface area contributed by atoms with Gasteiger partial charge in [-0.05, 0) is 93.5 Å². The molecule has 0 aliphatic heterocycles. The number of hydrogen-bond donors (Lipinski definition) is 0. The second-order valence-corrected chi connectivity index (χ2v) is 15.7. The summed E-state index contributed by atoms with van der Waals surface area (Å²) in [6.45, 7) is 0. The lowest BCUT2D eigenvalue weighted by Gasteiger charge is -2.24. The second-order valence-electron chi connectivity index (χ2n) is 15.7. The van der Waals surface area contributed by atoms with Gasteiger partial charge in [-0.15, -0.1) is 0 Å². The summed E-state index contributed by atoms with van der Waals surface area (Å²) in [5, 5.41) is 1.95. The molecular weight excluding hydrogens is 769 g/mol. The number of aromatic nitrogens is 3. The molecule has 63 heavy (non-hydrogen) atoms. The second kappa shape index (κ2) is 16.2. The average molecular weight is 809 g/mol. The number of rotatable bonds is 9. The van der Waals surface area contributed by atoms with Gasteiger partial charge in [0.25, 0.3) is 0 Å². The number of fused-ring (bicyclic) bond motifs is 3. The van der Waals surface area contributed by atoms with E-state index < -0.39 is 0 Å². The molecule has 0 fully saturated rings. The summed E-state index contributed by atoms with van der Waals surface area (Å²) in [6, 6.07) is 78.1. The Hall–Kier alpha value is -8.41. The third-order valence-electron chi connectivity index (χ3n) is 11.7. The summed E-state index contributed by atoms with van der Waals surface area (Å²) < 4.78 is 6.58. The summed E-state index contributed by atoms with van der Waals surface area (Å²) in [6.07, 6.45) is 0. The molecule has 2 aromatic heterocycles. The fourth-order valence-corrected chi connectivity index (χ4v) is 8.53. The number of para-hydroxylation sites is 1. The van der Waals surface area contributed by atoms with Crippen LogP contribution in [0.15, 0.2) is 229 Å². The van der Waals surface area contributed by atoms with Gasteiger partial charge in [-0.1, -0.05) is 170 Å². The minimum Gasteiger partial charge on any atom is -0.456 e. The standard InChI is InChI=1S/C58H40N4O/c1-62(48-27-12-5-13-28-48)52-33-31-44(37-50(52)41-21-10-4-11-22-41)45-32-34-53-51(38-45)55-49(29-16-30-54(55)63-53)58-60-56(46-25-14-23-42(35-46)39-17-6-2-7-18-39)59-57(61-58)47-26-15-24-43(36-47)40-19-8-3-9-20-40/h2-38H,1H3. The number of nitrogens with zero attached hydrogens (tertiary/aromatic N) is 4. The maximum atomic E-state index is 6.58. The van der Waals surface area contributed by atoms with Gasteiger partial charge in [0, 0.05) is 51.4 Å². The predicted octanol–water partition coefficient (Wildman–Crippen LogP) is 15.2. The third kappa shape index (κ3) is 7.32. The number of furan rings is 1. The van der Waals surface area contributed by atoms with Crippen LogP contribution in [0, 0.1) is 0 Å². The molecule has 0 atom stereocenters. The highest BCUT2D eigenvalue weighted by Gasteiger charge is 2.20. The van der Waals surface area contributed by atoms with Gasteiger partial charge in [0.2, 0.25) is 0 Å². The number of hydrogen-bond acceptors (Lipinski definition) is 5. The first-order valence-electron chi connectivity index (χ1n) is 21.1. The fraction of sp³-hybridized carbons (Fsp3) is 0.0172. The summed E-state index contributed by atoms with van der Waals surface area (Å²) in [5.74, 6) is 1.76. The Morgan fingerprint density at radius 1 is 0.333 bits per heavy atom. The van der Waals surface area contributed by atoms with E-state index in [1.165, 1.54) is 0 Å². The van der Waals surface area contributed by atoms with Gasteiger partial charge in [-0.2, -0.15) is 0 Å². The van der Waals surface area contributed by atoms with Crippen molar-refractivity contribution < 1.29 is 4.42 Å². The fourth-order valence-electron chi connectivity index (χ4n) is 8.53. The molecule has 0 aliphatic carbocycles. The van der Waals surface area contributed by atoms with Crippen LogP contribution >= 0.6 is 0 Å². The molecule has 5 heteroatoms. The van der Waals surface area contributed by atoms with Gasteiger partial charge in [-0.25, -0.2) is 15.0 Å². The molecule has 0 unspecified atom stereocenters. The minimum atomic E-state index is 0.573. The highest BCUT2D eigenvalue weighted by molar-refractivity contribution is 6.13. The van der Waals surface area contributed by atoms with Crippen molar-refractivity contribution in [1.82, 2.24) is 15.0 Å². The Labute approximate surface area is 366 Å². The van der Waals surface area contributed by atoms with Crippen molar-refractivity contribution in [2.45, 2.75) is 0 Å². The number of anilines is 2. The maximum Gasteiger partial charge on any atom is 0.164 e. The van der Waals surface area contributed by atoms with Gasteiger partial charge >= 0.3 is 0 Å². The van der Waals surface area contributed by atoms with Crippen LogP contribution in [-0.2, 0) is 0 Å². The molecule has 11 rings (SSSR count). The highest BCUT2D eigenvalue weighted by Crippen LogP contribution is 2.41. The van der Waals surface area contributed by atoms with E-state index in [2.05, 4.69) is 206 Å². The van der Waals surface area contributed by atoms with E-state index >= 15 is 0 Å². The molecule has 298 valence electrons. The summed E-state index contributed by atoms with van der Waals surface area (Å²) in [7, 11) is 2.12. The topological polar surface area (TPSA) is 55.1 Å². The van der Waals surface area contributed by atoms with Crippen molar-refractivity contribution in [1.29, 1.82) is 0 Å². The number of benzene rings is 9. The lowest BCUT2D eigenvalue weighted by atomic mass is 9.95. The first-order chi connectivity index (χ1) is 31.1. The highest BCUT2D eigenvalue weighted by atomic mass is 16.3. The van der Waals surface area contributed by atoms with Crippen LogP contribution in [0.1, 0.15) is 0 Å². The van der Waals surface area contributed by atoms with E-state index in [4.69, 9.17) is 19.4 Å². The Kier molecular flexibility index (Phi) is 9.68. The lowest BCUT2D eigenvalue weighted by Crippen LogP contribution is -2.10.